The topological polar surface area (TPSA) is 78.9 Å². The molecule has 1 atom stereocenters. The molecule has 0 radical (unpaired) electrons. The minimum atomic E-state index is -0.781. The second-order valence-corrected chi connectivity index (χ2v) is 17.4. The van der Waals surface area contributed by atoms with Crippen molar-refractivity contribution < 1.29 is 28.6 Å². The second-order valence-electron chi connectivity index (χ2n) is 17.4. The van der Waals surface area contributed by atoms with Crippen molar-refractivity contribution in [2.24, 2.45) is 0 Å². The summed E-state index contributed by atoms with van der Waals surface area (Å²) in [5.41, 5.74) is 0. The van der Waals surface area contributed by atoms with Gasteiger partial charge in [-0.3, -0.25) is 14.4 Å². The molecule has 0 N–H and O–H groups in total. The van der Waals surface area contributed by atoms with Gasteiger partial charge in [0.2, 0.25) is 0 Å². The van der Waals surface area contributed by atoms with Crippen LogP contribution in [0.1, 0.15) is 271 Å². The van der Waals surface area contributed by atoms with E-state index in [0.717, 1.165) is 70.6 Å². The van der Waals surface area contributed by atoms with Crippen LogP contribution in [0, 0.1) is 0 Å². The third kappa shape index (κ3) is 46.7. The Hall–Kier alpha value is -2.37. The summed E-state index contributed by atoms with van der Waals surface area (Å²) in [6.07, 6.45) is 57.0. The standard InChI is InChI=1S/C54H98O6/c1-4-7-10-13-16-19-22-25-27-29-32-34-37-40-43-46-52(55)58-49-51(60-54(57)48-45-42-39-36-31-24-21-18-15-12-9-6-3)50-59-53(56)47-44-41-38-35-33-30-28-26-23-20-17-14-11-8-5-2/h16,19,25,27,32,34,51H,4-15,17-18,20-24,26,28-31,33,35-50H2,1-3H3/b19-16-,27-25-,34-32-/t51-/m1/s1. The Morgan fingerprint density at radius 3 is 0.967 bits per heavy atom. The number of hydrogen-bond acceptors (Lipinski definition) is 6. The zero-order chi connectivity index (χ0) is 43.7. The molecule has 0 bridgehead atoms. The summed E-state index contributed by atoms with van der Waals surface area (Å²) in [7, 11) is 0. The van der Waals surface area contributed by atoms with Crippen molar-refractivity contribution in [3.8, 4) is 0 Å². The van der Waals surface area contributed by atoms with Crippen LogP contribution in [0.5, 0.6) is 0 Å². The molecule has 0 aromatic heterocycles. The Kier molecular flexibility index (Phi) is 47.3. The number of hydrogen-bond donors (Lipinski definition) is 0. The number of carbonyl (C=O) groups excluding carboxylic acids is 3. The van der Waals surface area contributed by atoms with E-state index in [9.17, 15) is 14.4 Å². The van der Waals surface area contributed by atoms with E-state index in [1.54, 1.807) is 0 Å². The quantitative estimate of drug-likeness (QED) is 0.0263. The lowest BCUT2D eigenvalue weighted by atomic mass is 10.0. The molecule has 0 rings (SSSR count). The maximum atomic E-state index is 12.8. The SMILES string of the molecule is CCCCC/C=C\C/C=C\C/C=C\CCCCC(=O)OC[C@H](COC(=O)CCCCCCCCCCCCCCCCC)OC(=O)CCCCCCCCCCCCCC. The summed E-state index contributed by atoms with van der Waals surface area (Å²) in [5, 5.41) is 0. The van der Waals surface area contributed by atoms with Gasteiger partial charge < -0.3 is 14.2 Å². The maximum Gasteiger partial charge on any atom is 0.306 e. The fourth-order valence-electron chi connectivity index (χ4n) is 7.45. The number of ether oxygens (including phenoxy) is 3. The van der Waals surface area contributed by atoms with Gasteiger partial charge in [-0.05, 0) is 57.8 Å². The van der Waals surface area contributed by atoms with Crippen LogP contribution >= 0.6 is 0 Å². The van der Waals surface area contributed by atoms with Gasteiger partial charge in [0, 0.05) is 19.3 Å². The van der Waals surface area contributed by atoms with E-state index in [0.29, 0.717) is 19.3 Å². The molecular formula is C54H98O6. The van der Waals surface area contributed by atoms with Gasteiger partial charge in [0.05, 0.1) is 0 Å². The average molecular weight is 843 g/mol. The lowest BCUT2D eigenvalue weighted by molar-refractivity contribution is -0.167. The van der Waals surface area contributed by atoms with E-state index in [1.165, 1.54) is 161 Å². The molecule has 0 spiro atoms. The van der Waals surface area contributed by atoms with E-state index in [2.05, 4.69) is 57.2 Å². The highest BCUT2D eigenvalue weighted by Gasteiger charge is 2.19. The van der Waals surface area contributed by atoms with E-state index in [4.69, 9.17) is 14.2 Å². The third-order valence-corrected chi connectivity index (χ3v) is 11.4. The van der Waals surface area contributed by atoms with Gasteiger partial charge in [0.1, 0.15) is 13.2 Å². The molecule has 0 aromatic rings. The average Bonchev–Trinajstić information content (AvgIpc) is 3.24. The molecule has 350 valence electrons. The van der Waals surface area contributed by atoms with Crippen LogP contribution < -0.4 is 0 Å². The van der Waals surface area contributed by atoms with Crippen LogP contribution in [0.15, 0.2) is 36.5 Å². The first-order valence-electron chi connectivity index (χ1n) is 26.0. The van der Waals surface area contributed by atoms with Crippen LogP contribution in [-0.2, 0) is 28.6 Å². The molecule has 0 heterocycles. The first-order chi connectivity index (χ1) is 29.5. The van der Waals surface area contributed by atoms with Crippen LogP contribution in [0.4, 0.5) is 0 Å². The maximum absolute atomic E-state index is 12.8. The zero-order valence-electron chi connectivity index (χ0n) is 40.0. The molecule has 60 heavy (non-hydrogen) atoms. The largest absolute Gasteiger partial charge is 0.462 e. The Morgan fingerprint density at radius 1 is 0.333 bits per heavy atom. The number of esters is 3. The minimum Gasteiger partial charge on any atom is -0.462 e. The predicted octanol–water partition coefficient (Wildman–Crippen LogP) is 16.9. The van der Waals surface area contributed by atoms with Crippen molar-refractivity contribution in [3.63, 3.8) is 0 Å². The van der Waals surface area contributed by atoms with Gasteiger partial charge in [0.15, 0.2) is 6.10 Å². The van der Waals surface area contributed by atoms with Crippen LogP contribution in [0.3, 0.4) is 0 Å². The van der Waals surface area contributed by atoms with E-state index < -0.39 is 6.10 Å². The van der Waals surface area contributed by atoms with Crippen molar-refractivity contribution in [2.75, 3.05) is 13.2 Å². The van der Waals surface area contributed by atoms with Crippen molar-refractivity contribution in [1.82, 2.24) is 0 Å². The number of unbranched alkanes of at least 4 members (excludes halogenated alkanes) is 30. The van der Waals surface area contributed by atoms with Gasteiger partial charge in [0.25, 0.3) is 0 Å². The van der Waals surface area contributed by atoms with Gasteiger partial charge in [-0.25, -0.2) is 0 Å². The summed E-state index contributed by atoms with van der Waals surface area (Å²) in [5.74, 6) is -0.908. The molecule has 0 aliphatic rings. The molecule has 6 heteroatoms. The fourth-order valence-corrected chi connectivity index (χ4v) is 7.45. The highest BCUT2D eigenvalue weighted by Crippen LogP contribution is 2.16. The monoisotopic (exact) mass is 843 g/mol. The molecule has 0 aliphatic heterocycles. The Labute approximate surface area is 372 Å². The summed E-state index contributed by atoms with van der Waals surface area (Å²) >= 11 is 0. The van der Waals surface area contributed by atoms with Gasteiger partial charge in [-0.1, -0.05) is 231 Å². The molecule has 0 saturated carbocycles. The van der Waals surface area contributed by atoms with Crippen molar-refractivity contribution >= 4 is 17.9 Å². The molecule has 0 saturated heterocycles. The summed E-state index contributed by atoms with van der Waals surface area (Å²) in [6.45, 7) is 6.60. The van der Waals surface area contributed by atoms with Crippen LogP contribution in [-0.4, -0.2) is 37.2 Å². The molecule has 0 fully saturated rings. The lowest BCUT2D eigenvalue weighted by Crippen LogP contribution is -2.30. The van der Waals surface area contributed by atoms with Crippen LogP contribution in [0.25, 0.3) is 0 Å². The summed E-state index contributed by atoms with van der Waals surface area (Å²) < 4.78 is 16.8. The minimum absolute atomic E-state index is 0.0798. The fraction of sp³-hybridized carbons (Fsp3) is 0.833. The number of allylic oxidation sites excluding steroid dienone is 6. The highest BCUT2D eigenvalue weighted by molar-refractivity contribution is 5.71. The summed E-state index contributed by atoms with van der Waals surface area (Å²) in [6, 6.07) is 0. The van der Waals surface area contributed by atoms with Gasteiger partial charge >= 0.3 is 17.9 Å². The molecule has 0 unspecified atom stereocenters. The van der Waals surface area contributed by atoms with E-state index in [-0.39, 0.29) is 31.1 Å². The number of carbonyl (C=O) groups is 3. The Morgan fingerprint density at radius 2 is 0.600 bits per heavy atom. The normalized spacial score (nSPS) is 12.2. The van der Waals surface area contributed by atoms with Gasteiger partial charge in [-0.2, -0.15) is 0 Å². The molecule has 0 amide bonds. The Bertz CT molecular complexity index is 1020. The lowest BCUT2D eigenvalue weighted by Gasteiger charge is -2.18. The highest BCUT2D eigenvalue weighted by atomic mass is 16.6. The van der Waals surface area contributed by atoms with Crippen molar-refractivity contribution in [2.45, 2.75) is 277 Å². The predicted molar refractivity (Wildman–Crippen MR) is 256 cm³/mol. The van der Waals surface area contributed by atoms with E-state index in [1.807, 2.05) is 0 Å². The first kappa shape index (κ1) is 57.6. The second kappa shape index (κ2) is 49.3. The Balaban J connectivity index is 4.39. The first-order valence-corrected chi connectivity index (χ1v) is 26.0. The zero-order valence-corrected chi connectivity index (χ0v) is 40.0. The number of rotatable bonds is 47. The molecule has 0 aliphatic carbocycles. The van der Waals surface area contributed by atoms with Crippen molar-refractivity contribution in [3.05, 3.63) is 36.5 Å². The third-order valence-electron chi connectivity index (χ3n) is 11.4. The smallest absolute Gasteiger partial charge is 0.306 e. The van der Waals surface area contributed by atoms with Gasteiger partial charge in [-0.15, -0.1) is 0 Å². The van der Waals surface area contributed by atoms with E-state index >= 15 is 0 Å². The van der Waals surface area contributed by atoms with Crippen molar-refractivity contribution in [1.29, 1.82) is 0 Å². The molecular weight excluding hydrogens is 745 g/mol. The van der Waals surface area contributed by atoms with Crippen LogP contribution in [0.2, 0.25) is 0 Å². The summed E-state index contributed by atoms with van der Waals surface area (Å²) in [4.78, 5) is 37.9. The molecule has 6 nitrogen and oxygen atoms in total. The molecule has 0 aromatic carbocycles.